The lowest BCUT2D eigenvalue weighted by molar-refractivity contribution is 0.455. The Balaban J connectivity index is 1.40. The van der Waals surface area contributed by atoms with Gasteiger partial charge in [-0.15, -0.1) is 0 Å². The van der Waals surface area contributed by atoms with Crippen molar-refractivity contribution >= 4 is 11.0 Å². The van der Waals surface area contributed by atoms with Crippen molar-refractivity contribution < 1.29 is 5.11 Å². The van der Waals surface area contributed by atoms with Gasteiger partial charge in [0.25, 0.3) is 0 Å². The molecule has 5 nitrogen and oxygen atoms in total. The second-order valence-corrected chi connectivity index (χ2v) is 9.53. The lowest BCUT2D eigenvalue weighted by Crippen LogP contribution is -1.97. The molecule has 0 aliphatic carbocycles. The molecule has 0 aliphatic heterocycles. The average Bonchev–Trinajstić information content (AvgIpc) is 3.42. The van der Waals surface area contributed by atoms with Gasteiger partial charge < -0.3 is 5.11 Å². The number of rotatable bonds is 5. The molecule has 0 saturated carbocycles. The molecule has 7 aromatic rings. The van der Waals surface area contributed by atoms with Crippen LogP contribution in [0.25, 0.3) is 61.6 Å². The van der Waals surface area contributed by atoms with Crippen molar-refractivity contribution in [2.45, 2.75) is 0 Å². The standard InChI is InChI=1S/C35H24N4O/c40-35-30(17-9-20-37-35)34-38-33-29(16-8-18-32(33)39(34)28-14-5-2-6-15-28)26-12-7-13-27(22-26)31-23-25(19-21-36-31)24-10-3-1-4-11-24/h1-23H,(H,37,40). The van der Waals surface area contributed by atoms with Gasteiger partial charge in [0.05, 0.1) is 22.3 Å². The van der Waals surface area contributed by atoms with E-state index in [4.69, 9.17) is 4.98 Å². The van der Waals surface area contributed by atoms with Crippen LogP contribution in [0.1, 0.15) is 0 Å². The van der Waals surface area contributed by atoms with Gasteiger partial charge in [-0.3, -0.25) is 9.55 Å². The zero-order valence-electron chi connectivity index (χ0n) is 21.5. The van der Waals surface area contributed by atoms with Crippen LogP contribution in [-0.4, -0.2) is 24.6 Å². The van der Waals surface area contributed by atoms with E-state index in [1.807, 2.05) is 79.0 Å². The largest absolute Gasteiger partial charge is 0.493 e. The summed E-state index contributed by atoms with van der Waals surface area (Å²) in [6.45, 7) is 0. The molecule has 3 aromatic heterocycles. The van der Waals surface area contributed by atoms with Crippen molar-refractivity contribution in [3.8, 4) is 56.5 Å². The molecule has 0 bridgehead atoms. The number of fused-ring (bicyclic) bond motifs is 1. The molecule has 7 rings (SSSR count). The maximum Gasteiger partial charge on any atom is 0.222 e. The van der Waals surface area contributed by atoms with Crippen molar-refractivity contribution in [3.05, 3.63) is 140 Å². The fourth-order valence-corrected chi connectivity index (χ4v) is 5.17. The summed E-state index contributed by atoms with van der Waals surface area (Å²) in [6, 6.07) is 42.8. The molecule has 3 heterocycles. The first-order valence-corrected chi connectivity index (χ1v) is 13.1. The van der Waals surface area contributed by atoms with Crippen molar-refractivity contribution in [1.82, 2.24) is 19.5 Å². The molecule has 0 amide bonds. The Kier molecular flexibility index (Phi) is 5.87. The Bertz CT molecular complexity index is 1960. The van der Waals surface area contributed by atoms with E-state index in [0.717, 1.165) is 50.2 Å². The van der Waals surface area contributed by atoms with Crippen LogP contribution in [0, 0.1) is 0 Å². The number of aromatic hydroxyl groups is 1. The normalized spacial score (nSPS) is 11.1. The minimum atomic E-state index is -0.0529. The summed E-state index contributed by atoms with van der Waals surface area (Å²) < 4.78 is 2.07. The van der Waals surface area contributed by atoms with Crippen LogP contribution in [-0.2, 0) is 0 Å². The van der Waals surface area contributed by atoms with Gasteiger partial charge in [0.2, 0.25) is 5.88 Å². The summed E-state index contributed by atoms with van der Waals surface area (Å²) in [5.74, 6) is 0.579. The highest BCUT2D eigenvalue weighted by atomic mass is 16.3. The van der Waals surface area contributed by atoms with Crippen LogP contribution in [0.15, 0.2) is 140 Å². The predicted molar refractivity (Wildman–Crippen MR) is 160 cm³/mol. The Morgan fingerprint density at radius 1 is 0.525 bits per heavy atom. The molecule has 1 N–H and O–H groups in total. The van der Waals surface area contributed by atoms with Gasteiger partial charge in [0.15, 0.2) is 5.82 Å². The van der Waals surface area contributed by atoms with E-state index < -0.39 is 0 Å². The van der Waals surface area contributed by atoms with E-state index in [2.05, 4.69) is 69.1 Å². The second-order valence-electron chi connectivity index (χ2n) is 9.53. The molecule has 0 saturated heterocycles. The Morgan fingerprint density at radius 2 is 1.25 bits per heavy atom. The summed E-state index contributed by atoms with van der Waals surface area (Å²) in [5.41, 5.74) is 9.56. The molecule has 0 radical (unpaired) electrons. The van der Waals surface area contributed by atoms with Crippen LogP contribution in [0.3, 0.4) is 0 Å². The molecular weight excluding hydrogens is 492 g/mol. The molecule has 0 atom stereocenters. The summed E-state index contributed by atoms with van der Waals surface area (Å²) in [4.78, 5) is 13.9. The van der Waals surface area contributed by atoms with E-state index in [-0.39, 0.29) is 5.88 Å². The number of pyridine rings is 2. The number of nitrogens with zero attached hydrogens (tertiary/aromatic N) is 4. The second kappa shape index (κ2) is 9.97. The van der Waals surface area contributed by atoms with Crippen molar-refractivity contribution in [2.24, 2.45) is 0 Å². The van der Waals surface area contributed by atoms with E-state index in [9.17, 15) is 5.11 Å². The quantitative estimate of drug-likeness (QED) is 0.250. The lowest BCUT2D eigenvalue weighted by Gasteiger charge is -2.10. The molecule has 5 heteroatoms. The molecule has 4 aromatic carbocycles. The van der Waals surface area contributed by atoms with Crippen LogP contribution >= 0.6 is 0 Å². The smallest absolute Gasteiger partial charge is 0.222 e. The van der Waals surface area contributed by atoms with Gasteiger partial charge in [-0.2, -0.15) is 0 Å². The van der Waals surface area contributed by atoms with Gasteiger partial charge in [0.1, 0.15) is 0 Å². The highest BCUT2D eigenvalue weighted by Crippen LogP contribution is 2.37. The zero-order chi connectivity index (χ0) is 26.9. The van der Waals surface area contributed by atoms with Crippen molar-refractivity contribution in [1.29, 1.82) is 0 Å². The maximum absolute atomic E-state index is 10.6. The van der Waals surface area contributed by atoms with Gasteiger partial charge in [0, 0.05) is 29.2 Å². The number of imidazole rings is 1. The van der Waals surface area contributed by atoms with Gasteiger partial charge in [-0.25, -0.2) is 9.97 Å². The zero-order valence-corrected chi connectivity index (χ0v) is 21.5. The maximum atomic E-state index is 10.6. The molecule has 0 fully saturated rings. The number of hydrogen-bond acceptors (Lipinski definition) is 4. The topological polar surface area (TPSA) is 63.8 Å². The monoisotopic (exact) mass is 516 g/mol. The number of para-hydroxylation sites is 2. The van der Waals surface area contributed by atoms with Crippen LogP contribution < -0.4 is 0 Å². The SMILES string of the molecule is Oc1ncccc1-c1nc2c(-c3cccc(-c4cc(-c5ccccc5)ccn4)c3)cccc2n1-c1ccccc1. The number of benzene rings is 4. The molecule has 40 heavy (non-hydrogen) atoms. The third kappa shape index (κ3) is 4.20. The predicted octanol–water partition coefficient (Wildman–Crippen LogP) is 8.19. The highest BCUT2D eigenvalue weighted by Gasteiger charge is 2.20. The van der Waals surface area contributed by atoms with Gasteiger partial charge in [-0.1, -0.05) is 78.9 Å². The summed E-state index contributed by atoms with van der Waals surface area (Å²) >= 11 is 0. The Labute approximate surface area is 231 Å². The third-order valence-electron chi connectivity index (χ3n) is 7.06. The molecule has 0 unspecified atom stereocenters. The van der Waals surface area contributed by atoms with Crippen molar-refractivity contribution in [3.63, 3.8) is 0 Å². The Morgan fingerprint density at radius 3 is 2.08 bits per heavy atom. The first-order chi connectivity index (χ1) is 19.8. The summed E-state index contributed by atoms with van der Waals surface area (Å²) in [7, 11) is 0. The average molecular weight is 517 g/mol. The Hall–Kier alpha value is -5.55. The lowest BCUT2D eigenvalue weighted by atomic mass is 9.99. The van der Waals surface area contributed by atoms with Crippen molar-refractivity contribution in [2.75, 3.05) is 0 Å². The molecule has 0 spiro atoms. The number of aromatic nitrogens is 4. The highest BCUT2D eigenvalue weighted by molar-refractivity contribution is 5.96. The fraction of sp³-hybridized carbons (Fsp3) is 0. The van der Waals surface area contributed by atoms with E-state index in [1.165, 1.54) is 0 Å². The van der Waals surface area contributed by atoms with Crippen LogP contribution in [0.4, 0.5) is 0 Å². The van der Waals surface area contributed by atoms with E-state index in [0.29, 0.717) is 11.4 Å². The summed E-state index contributed by atoms with van der Waals surface area (Å²) in [5, 5.41) is 10.6. The van der Waals surface area contributed by atoms with E-state index >= 15 is 0 Å². The van der Waals surface area contributed by atoms with Crippen LogP contribution in [0.5, 0.6) is 5.88 Å². The minimum absolute atomic E-state index is 0.0529. The molecular formula is C35H24N4O. The van der Waals surface area contributed by atoms with Gasteiger partial charge >= 0.3 is 0 Å². The van der Waals surface area contributed by atoms with Gasteiger partial charge in [-0.05, 0) is 65.2 Å². The first kappa shape index (κ1) is 23.6. The number of hydrogen-bond donors (Lipinski definition) is 1. The van der Waals surface area contributed by atoms with E-state index in [1.54, 1.807) is 6.20 Å². The van der Waals surface area contributed by atoms with Crippen LogP contribution in [0.2, 0.25) is 0 Å². The molecule has 0 aliphatic rings. The summed E-state index contributed by atoms with van der Waals surface area (Å²) in [6.07, 6.45) is 3.44. The third-order valence-corrected chi connectivity index (χ3v) is 7.06. The molecule has 190 valence electrons. The first-order valence-electron chi connectivity index (χ1n) is 13.1. The fourth-order valence-electron chi connectivity index (χ4n) is 5.17. The minimum Gasteiger partial charge on any atom is -0.493 e.